The van der Waals surface area contributed by atoms with Crippen LogP contribution in [0.2, 0.25) is 0 Å². The normalized spacial score (nSPS) is 10.9. The summed E-state index contributed by atoms with van der Waals surface area (Å²) in [5.41, 5.74) is 0.985. The lowest BCUT2D eigenvalue weighted by molar-refractivity contribution is 0.526. The second-order valence-corrected chi connectivity index (χ2v) is 5.40. The molecule has 2 aromatic rings. The van der Waals surface area contributed by atoms with Crippen LogP contribution in [0.5, 0.6) is 0 Å². The zero-order valence-corrected chi connectivity index (χ0v) is 12.0. The van der Waals surface area contributed by atoms with Crippen LogP contribution in [0, 0.1) is 12.7 Å². The molecular formula is C15H18FNOS. The van der Waals surface area contributed by atoms with Gasteiger partial charge >= 0.3 is 0 Å². The van der Waals surface area contributed by atoms with E-state index in [2.05, 4.69) is 12.2 Å². The topological polar surface area (TPSA) is 25.2 Å². The number of furan rings is 1. The molecule has 1 aromatic heterocycles. The van der Waals surface area contributed by atoms with Gasteiger partial charge in [-0.1, -0.05) is 30.8 Å². The SMILES string of the molecule is CCCNCc1cccc(F)c1Sc1ccoc1C. The summed E-state index contributed by atoms with van der Waals surface area (Å²) < 4.78 is 19.3. The van der Waals surface area contributed by atoms with Crippen molar-refractivity contribution in [2.24, 2.45) is 0 Å². The summed E-state index contributed by atoms with van der Waals surface area (Å²) in [6.07, 6.45) is 2.70. The van der Waals surface area contributed by atoms with E-state index in [-0.39, 0.29) is 5.82 Å². The van der Waals surface area contributed by atoms with Gasteiger partial charge in [-0.3, -0.25) is 0 Å². The maximum atomic E-state index is 14.0. The smallest absolute Gasteiger partial charge is 0.137 e. The molecule has 19 heavy (non-hydrogen) atoms. The first-order valence-corrected chi connectivity index (χ1v) is 7.24. The predicted molar refractivity (Wildman–Crippen MR) is 76.0 cm³/mol. The number of hydrogen-bond acceptors (Lipinski definition) is 3. The van der Waals surface area contributed by atoms with Gasteiger partial charge in [-0.05, 0) is 37.6 Å². The van der Waals surface area contributed by atoms with E-state index in [1.54, 1.807) is 12.3 Å². The summed E-state index contributed by atoms with van der Waals surface area (Å²) in [6.45, 7) is 5.62. The van der Waals surface area contributed by atoms with E-state index in [0.29, 0.717) is 11.4 Å². The van der Waals surface area contributed by atoms with Crippen molar-refractivity contribution in [3.63, 3.8) is 0 Å². The average Bonchev–Trinajstić information content (AvgIpc) is 2.79. The van der Waals surface area contributed by atoms with E-state index in [4.69, 9.17) is 4.42 Å². The fourth-order valence-corrected chi connectivity index (χ4v) is 2.77. The molecule has 1 aromatic carbocycles. The first-order chi connectivity index (χ1) is 9.22. The summed E-state index contributed by atoms with van der Waals surface area (Å²) in [4.78, 5) is 1.64. The molecule has 0 saturated carbocycles. The maximum Gasteiger partial charge on any atom is 0.137 e. The van der Waals surface area contributed by atoms with E-state index in [0.717, 1.165) is 29.2 Å². The predicted octanol–water partition coefficient (Wildman–Crippen LogP) is 4.38. The van der Waals surface area contributed by atoms with Gasteiger partial charge in [-0.25, -0.2) is 4.39 Å². The third kappa shape index (κ3) is 3.61. The summed E-state index contributed by atoms with van der Waals surface area (Å²) in [5, 5.41) is 3.31. The molecule has 1 heterocycles. The van der Waals surface area contributed by atoms with E-state index >= 15 is 0 Å². The molecule has 4 heteroatoms. The summed E-state index contributed by atoms with van der Waals surface area (Å²) in [6, 6.07) is 7.09. The lowest BCUT2D eigenvalue weighted by Crippen LogP contribution is -2.14. The maximum absolute atomic E-state index is 14.0. The fraction of sp³-hybridized carbons (Fsp3) is 0.333. The minimum absolute atomic E-state index is 0.179. The number of nitrogens with one attached hydrogen (secondary N) is 1. The number of aryl methyl sites for hydroxylation is 1. The molecule has 0 aliphatic carbocycles. The van der Waals surface area contributed by atoms with Crippen molar-refractivity contribution >= 4 is 11.8 Å². The lowest BCUT2D eigenvalue weighted by Gasteiger charge is -2.10. The minimum Gasteiger partial charge on any atom is -0.468 e. The Balaban J connectivity index is 2.20. The number of benzene rings is 1. The molecule has 0 atom stereocenters. The first-order valence-electron chi connectivity index (χ1n) is 6.42. The molecule has 2 rings (SSSR count). The van der Waals surface area contributed by atoms with Crippen molar-refractivity contribution in [3.8, 4) is 0 Å². The van der Waals surface area contributed by atoms with Crippen molar-refractivity contribution in [2.45, 2.75) is 36.6 Å². The Bertz CT molecular complexity index is 539. The Hall–Kier alpha value is -1.26. The molecule has 0 aliphatic rings. The molecule has 0 saturated heterocycles. The van der Waals surface area contributed by atoms with Gasteiger partial charge in [-0.2, -0.15) is 0 Å². The van der Waals surface area contributed by atoms with Gasteiger partial charge in [0.15, 0.2) is 0 Å². The molecule has 0 aliphatic heterocycles. The molecular weight excluding hydrogens is 261 g/mol. The van der Waals surface area contributed by atoms with Crippen molar-refractivity contribution in [1.82, 2.24) is 5.32 Å². The highest BCUT2D eigenvalue weighted by molar-refractivity contribution is 7.99. The van der Waals surface area contributed by atoms with Crippen LogP contribution in [0.1, 0.15) is 24.7 Å². The molecule has 0 spiro atoms. The minimum atomic E-state index is -0.179. The Morgan fingerprint density at radius 2 is 2.16 bits per heavy atom. The number of halogens is 1. The third-order valence-electron chi connectivity index (χ3n) is 2.81. The van der Waals surface area contributed by atoms with E-state index in [9.17, 15) is 4.39 Å². The van der Waals surface area contributed by atoms with E-state index < -0.39 is 0 Å². The van der Waals surface area contributed by atoms with Crippen LogP contribution in [0.4, 0.5) is 4.39 Å². The Labute approximate surface area is 117 Å². The summed E-state index contributed by atoms with van der Waals surface area (Å²) in [5.74, 6) is 0.641. The second-order valence-electron chi connectivity index (χ2n) is 4.35. The largest absolute Gasteiger partial charge is 0.468 e. The van der Waals surface area contributed by atoms with Crippen molar-refractivity contribution in [1.29, 1.82) is 0 Å². The van der Waals surface area contributed by atoms with Gasteiger partial charge in [-0.15, -0.1) is 0 Å². The van der Waals surface area contributed by atoms with Gasteiger partial charge in [0.25, 0.3) is 0 Å². The van der Waals surface area contributed by atoms with Crippen LogP contribution in [-0.2, 0) is 6.54 Å². The molecule has 0 fully saturated rings. The second kappa shape index (κ2) is 6.78. The fourth-order valence-electron chi connectivity index (χ4n) is 1.80. The monoisotopic (exact) mass is 279 g/mol. The molecule has 0 bridgehead atoms. The van der Waals surface area contributed by atoms with Crippen molar-refractivity contribution in [3.05, 3.63) is 47.7 Å². The Morgan fingerprint density at radius 3 is 2.84 bits per heavy atom. The van der Waals surface area contributed by atoms with Gasteiger partial charge in [0.05, 0.1) is 16.1 Å². The van der Waals surface area contributed by atoms with Crippen LogP contribution in [0.15, 0.2) is 44.7 Å². The van der Waals surface area contributed by atoms with Gasteiger partial charge < -0.3 is 9.73 Å². The van der Waals surface area contributed by atoms with E-state index in [1.165, 1.54) is 17.8 Å². The number of hydrogen-bond donors (Lipinski definition) is 1. The van der Waals surface area contributed by atoms with E-state index in [1.807, 2.05) is 19.1 Å². The van der Waals surface area contributed by atoms with Gasteiger partial charge in [0.1, 0.15) is 11.6 Å². The summed E-state index contributed by atoms with van der Waals surface area (Å²) in [7, 11) is 0. The van der Waals surface area contributed by atoms with Crippen molar-refractivity contribution < 1.29 is 8.81 Å². The number of rotatable bonds is 6. The third-order valence-corrected chi connectivity index (χ3v) is 4.12. The molecule has 0 radical (unpaired) electrons. The standard InChI is InChI=1S/C15H18FNOS/c1-3-8-17-10-12-5-4-6-13(16)15(12)19-14-7-9-18-11(14)2/h4-7,9,17H,3,8,10H2,1-2H3. The highest BCUT2D eigenvalue weighted by Gasteiger charge is 2.12. The molecule has 0 amide bonds. The Morgan fingerprint density at radius 1 is 1.32 bits per heavy atom. The first kappa shape index (κ1) is 14.2. The Kier molecular flexibility index (Phi) is 5.05. The van der Waals surface area contributed by atoms with Gasteiger partial charge in [0.2, 0.25) is 0 Å². The van der Waals surface area contributed by atoms with Crippen LogP contribution in [-0.4, -0.2) is 6.54 Å². The average molecular weight is 279 g/mol. The zero-order valence-electron chi connectivity index (χ0n) is 11.2. The highest BCUT2D eigenvalue weighted by Crippen LogP contribution is 2.35. The quantitative estimate of drug-likeness (QED) is 0.794. The lowest BCUT2D eigenvalue weighted by atomic mass is 10.2. The van der Waals surface area contributed by atoms with Crippen LogP contribution in [0.3, 0.4) is 0 Å². The van der Waals surface area contributed by atoms with Gasteiger partial charge in [0, 0.05) is 6.54 Å². The van der Waals surface area contributed by atoms with Crippen LogP contribution in [0.25, 0.3) is 0 Å². The van der Waals surface area contributed by atoms with Crippen molar-refractivity contribution in [2.75, 3.05) is 6.54 Å². The van der Waals surface area contributed by atoms with Crippen LogP contribution < -0.4 is 5.32 Å². The molecule has 2 nitrogen and oxygen atoms in total. The summed E-state index contributed by atoms with van der Waals surface area (Å²) >= 11 is 1.42. The molecule has 102 valence electrons. The molecule has 0 unspecified atom stereocenters. The zero-order chi connectivity index (χ0) is 13.7. The molecule has 1 N–H and O–H groups in total. The highest BCUT2D eigenvalue weighted by atomic mass is 32.2. The van der Waals surface area contributed by atoms with Crippen LogP contribution >= 0.6 is 11.8 Å².